The third-order valence-corrected chi connectivity index (χ3v) is 3.22. The minimum Gasteiger partial charge on any atom is -0.355 e. The number of rotatable bonds is 1. The first-order chi connectivity index (χ1) is 8.27. The molecule has 0 aliphatic carbocycles. The number of aromatic amines is 1. The molecule has 1 spiro atoms. The highest BCUT2D eigenvalue weighted by Crippen LogP contribution is 2.32. The van der Waals surface area contributed by atoms with Crippen molar-refractivity contribution < 1.29 is 9.47 Å². The number of nitrogens with zero attached hydrogens (tertiary/aromatic N) is 3. The van der Waals surface area contributed by atoms with Crippen molar-refractivity contribution in [2.45, 2.75) is 18.6 Å². The van der Waals surface area contributed by atoms with Crippen LogP contribution in [0.15, 0.2) is 11.0 Å². The molecule has 2 fully saturated rings. The number of hydrogen-bond donors (Lipinski definition) is 1. The molecule has 0 saturated carbocycles. The molecule has 1 aromatic heterocycles. The lowest BCUT2D eigenvalue weighted by Crippen LogP contribution is -2.45. The van der Waals surface area contributed by atoms with E-state index in [0.717, 1.165) is 25.9 Å². The predicted octanol–water partition coefficient (Wildman–Crippen LogP) is -0.492. The Bertz CT molecular complexity index is 445. The van der Waals surface area contributed by atoms with E-state index in [4.69, 9.17) is 9.47 Å². The fourth-order valence-corrected chi connectivity index (χ4v) is 2.32. The second-order valence-electron chi connectivity index (χ2n) is 4.24. The third kappa shape index (κ3) is 2.03. The maximum absolute atomic E-state index is 11.1. The molecule has 3 rings (SSSR count). The van der Waals surface area contributed by atoms with E-state index in [1.165, 1.54) is 0 Å². The highest BCUT2D eigenvalue weighted by molar-refractivity contribution is 5.35. The number of piperidine rings is 1. The summed E-state index contributed by atoms with van der Waals surface area (Å²) in [7, 11) is 0. The molecule has 0 unspecified atom stereocenters. The van der Waals surface area contributed by atoms with E-state index in [2.05, 4.69) is 15.2 Å². The third-order valence-electron chi connectivity index (χ3n) is 3.22. The van der Waals surface area contributed by atoms with Crippen molar-refractivity contribution in [1.82, 2.24) is 15.2 Å². The average molecular weight is 238 g/mol. The predicted molar refractivity (Wildman–Crippen MR) is 58.7 cm³/mol. The van der Waals surface area contributed by atoms with Gasteiger partial charge in [0.05, 0.1) is 19.4 Å². The van der Waals surface area contributed by atoms with E-state index >= 15 is 0 Å². The van der Waals surface area contributed by atoms with Gasteiger partial charge >= 0.3 is 5.69 Å². The Hall–Kier alpha value is -1.47. The van der Waals surface area contributed by atoms with Crippen molar-refractivity contribution in [3.8, 4) is 0 Å². The molecule has 1 N–H and O–H groups in total. The number of anilines is 1. The molecule has 1 aromatic rings. The zero-order valence-electron chi connectivity index (χ0n) is 9.39. The van der Waals surface area contributed by atoms with Crippen LogP contribution in [0.25, 0.3) is 0 Å². The molecular formula is C10H14N4O3. The standard InChI is InChI=1S/C10H14N4O3/c15-9-12-8(7-11-13-9)14-3-1-10(2-4-14)16-5-6-17-10/h7H,1-6H2,(H,12,13,15). The summed E-state index contributed by atoms with van der Waals surface area (Å²) in [6.07, 6.45) is 3.15. The highest BCUT2D eigenvalue weighted by Gasteiger charge is 2.40. The first-order valence-electron chi connectivity index (χ1n) is 5.72. The van der Waals surface area contributed by atoms with Crippen molar-refractivity contribution in [1.29, 1.82) is 0 Å². The first-order valence-corrected chi connectivity index (χ1v) is 5.72. The molecule has 2 aliphatic rings. The zero-order chi connectivity index (χ0) is 11.7. The number of nitrogens with one attached hydrogen (secondary N) is 1. The van der Waals surface area contributed by atoms with Crippen LogP contribution in [0.3, 0.4) is 0 Å². The number of ether oxygens (including phenoxy) is 2. The van der Waals surface area contributed by atoms with Crippen LogP contribution in [0.4, 0.5) is 5.82 Å². The molecule has 0 radical (unpaired) electrons. The van der Waals surface area contributed by atoms with Gasteiger partial charge in [0.1, 0.15) is 0 Å². The second-order valence-corrected chi connectivity index (χ2v) is 4.24. The second kappa shape index (κ2) is 4.08. The average Bonchev–Trinajstić information content (AvgIpc) is 2.79. The van der Waals surface area contributed by atoms with Crippen LogP contribution >= 0.6 is 0 Å². The van der Waals surface area contributed by atoms with Gasteiger partial charge in [-0.3, -0.25) is 0 Å². The van der Waals surface area contributed by atoms with Gasteiger partial charge in [0.2, 0.25) is 0 Å². The summed E-state index contributed by atoms with van der Waals surface area (Å²) < 4.78 is 11.3. The Balaban J connectivity index is 1.70. The van der Waals surface area contributed by atoms with Gasteiger partial charge in [-0.05, 0) is 0 Å². The fourth-order valence-electron chi connectivity index (χ4n) is 2.32. The van der Waals surface area contributed by atoms with E-state index in [1.54, 1.807) is 6.20 Å². The Labute approximate surface area is 97.8 Å². The van der Waals surface area contributed by atoms with E-state index in [1.807, 2.05) is 4.90 Å². The molecule has 0 amide bonds. The minimum atomic E-state index is -0.420. The van der Waals surface area contributed by atoms with E-state index in [9.17, 15) is 4.79 Å². The van der Waals surface area contributed by atoms with Crippen LogP contribution < -0.4 is 10.6 Å². The summed E-state index contributed by atoms with van der Waals surface area (Å²) in [5.41, 5.74) is -0.420. The maximum atomic E-state index is 11.1. The molecule has 0 bridgehead atoms. The van der Waals surface area contributed by atoms with Gasteiger partial charge in [-0.25, -0.2) is 9.89 Å². The molecule has 0 atom stereocenters. The Morgan fingerprint density at radius 2 is 2.00 bits per heavy atom. The molecule has 3 heterocycles. The smallest absolute Gasteiger partial charge is 0.355 e. The normalized spacial score (nSPS) is 23.2. The summed E-state index contributed by atoms with van der Waals surface area (Å²) in [5.74, 6) is 0.215. The molecule has 2 aliphatic heterocycles. The van der Waals surface area contributed by atoms with Gasteiger partial charge < -0.3 is 14.4 Å². The van der Waals surface area contributed by atoms with Crippen molar-refractivity contribution in [2.75, 3.05) is 31.2 Å². The lowest BCUT2D eigenvalue weighted by atomic mass is 10.0. The Morgan fingerprint density at radius 3 is 2.65 bits per heavy atom. The molecule has 7 heteroatoms. The number of H-pyrrole nitrogens is 1. The monoisotopic (exact) mass is 238 g/mol. The molecule has 17 heavy (non-hydrogen) atoms. The quantitative estimate of drug-likeness (QED) is 0.711. The van der Waals surface area contributed by atoms with Gasteiger partial charge in [0.15, 0.2) is 11.6 Å². The largest absolute Gasteiger partial charge is 0.363 e. The summed E-state index contributed by atoms with van der Waals surface area (Å²) >= 11 is 0. The van der Waals surface area contributed by atoms with Gasteiger partial charge in [0.25, 0.3) is 0 Å². The maximum Gasteiger partial charge on any atom is 0.363 e. The molecule has 92 valence electrons. The van der Waals surface area contributed by atoms with Crippen LogP contribution in [0.5, 0.6) is 0 Å². The first kappa shape index (κ1) is 10.7. The highest BCUT2D eigenvalue weighted by atomic mass is 16.7. The van der Waals surface area contributed by atoms with E-state index in [-0.39, 0.29) is 0 Å². The number of hydrogen-bond acceptors (Lipinski definition) is 6. The van der Waals surface area contributed by atoms with Crippen molar-refractivity contribution in [3.05, 3.63) is 16.7 Å². The summed E-state index contributed by atoms with van der Waals surface area (Å²) in [4.78, 5) is 17.0. The van der Waals surface area contributed by atoms with Crippen LogP contribution in [0.2, 0.25) is 0 Å². The summed E-state index contributed by atoms with van der Waals surface area (Å²) in [5, 5.41) is 6.01. The molecule has 2 saturated heterocycles. The van der Waals surface area contributed by atoms with Crippen LogP contribution in [-0.4, -0.2) is 47.3 Å². The molecular weight excluding hydrogens is 224 g/mol. The van der Waals surface area contributed by atoms with E-state index in [0.29, 0.717) is 19.0 Å². The Kier molecular flexibility index (Phi) is 2.56. The summed E-state index contributed by atoms with van der Waals surface area (Å²) in [6.45, 7) is 2.87. The lowest BCUT2D eigenvalue weighted by molar-refractivity contribution is -0.169. The lowest BCUT2D eigenvalue weighted by Gasteiger charge is -2.37. The van der Waals surface area contributed by atoms with Gasteiger partial charge in [0, 0.05) is 25.9 Å². The zero-order valence-corrected chi connectivity index (χ0v) is 9.39. The van der Waals surface area contributed by atoms with E-state index < -0.39 is 11.5 Å². The molecule has 7 nitrogen and oxygen atoms in total. The van der Waals surface area contributed by atoms with Crippen molar-refractivity contribution in [3.63, 3.8) is 0 Å². The van der Waals surface area contributed by atoms with Crippen LogP contribution in [0.1, 0.15) is 12.8 Å². The van der Waals surface area contributed by atoms with Gasteiger partial charge in [-0.1, -0.05) is 0 Å². The number of aromatic nitrogens is 3. The van der Waals surface area contributed by atoms with Crippen molar-refractivity contribution in [2.24, 2.45) is 0 Å². The fraction of sp³-hybridized carbons (Fsp3) is 0.700. The molecule has 0 aromatic carbocycles. The van der Waals surface area contributed by atoms with Gasteiger partial charge in [-0.2, -0.15) is 10.1 Å². The topological polar surface area (TPSA) is 80.3 Å². The van der Waals surface area contributed by atoms with Gasteiger partial charge in [-0.15, -0.1) is 0 Å². The van der Waals surface area contributed by atoms with Crippen molar-refractivity contribution >= 4 is 5.82 Å². The Morgan fingerprint density at radius 1 is 1.29 bits per heavy atom. The SMILES string of the molecule is O=c1nc(N2CCC3(CC2)OCCO3)cn[nH]1. The van der Waals surface area contributed by atoms with Crippen LogP contribution in [-0.2, 0) is 9.47 Å². The minimum absolute atomic E-state index is 0.398. The van der Waals surface area contributed by atoms with Crippen LogP contribution in [0, 0.1) is 0 Å². The summed E-state index contributed by atoms with van der Waals surface area (Å²) in [6, 6.07) is 0.